The molecule has 1 amide bonds. The largest absolute Gasteiger partial charge is 0.496 e. The molecule has 0 aliphatic carbocycles. The molecule has 0 saturated carbocycles. The van der Waals surface area contributed by atoms with Crippen molar-refractivity contribution < 1.29 is 14.1 Å². The Balaban J connectivity index is 1.86. The summed E-state index contributed by atoms with van der Waals surface area (Å²) in [6.07, 6.45) is 4.98. The van der Waals surface area contributed by atoms with Gasteiger partial charge in [-0.25, -0.2) is 0 Å². The van der Waals surface area contributed by atoms with Crippen LogP contribution in [0.2, 0.25) is 0 Å². The van der Waals surface area contributed by atoms with Gasteiger partial charge in [0.15, 0.2) is 0 Å². The van der Waals surface area contributed by atoms with Crippen LogP contribution in [0.1, 0.15) is 40.5 Å². The molecule has 2 saturated heterocycles. The van der Waals surface area contributed by atoms with E-state index in [1.807, 2.05) is 33.8 Å². The fourth-order valence-electron chi connectivity index (χ4n) is 2.62. The average Bonchev–Trinajstić information content (AvgIpc) is 2.92. The number of hydrogen-bond donors (Lipinski definition) is 0. The molecule has 3 rings (SSSR count). The Kier molecular flexibility index (Phi) is 3.33. The molecular weight excluding hydrogens is 267 g/mol. The third-order valence-electron chi connectivity index (χ3n) is 4.66. The van der Waals surface area contributed by atoms with Crippen molar-refractivity contribution in [2.45, 2.75) is 51.7 Å². The van der Waals surface area contributed by atoms with Gasteiger partial charge >= 0.3 is 7.12 Å². The van der Waals surface area contributed by atoms with Gasteiger partial charge in [-0.2, -0.15) is 0 Å². The number of hydrogen-bond acceptors (Lipinski definition) is 4. The molecule has 2 aliphatic rings. The number of amides is 1. The highest BCUT2D eigenvalue weighted by Gasteiger charge is 2.51. The lowest BCUT2D eigenvalue weighted by atomic mass is 9.80. The molecule has 112 valence electrons. The first-order chi connectivity index (χ1) is 9.80. The van der Waals surface area contributed by atoms with Crippen molar-refractivity contribution in [3.05, 3.63) is 18.5 Å². The number of pyridine rings is 1. The molecule has 6 heteroatoms. The molecule has 0 radical (unpaired) electrons. The second-order valence-electron chi connectivity index (χ2n) is 6.71. The van der Waals surface area contributed by atoms with Crippen LogP contribution in [0, 0.1) is 0 Å². The van der Waals surface area contributed by atoms with Crippen molar-refractivity contribution in [1.29, 1.82) is 0 Å². The number of carbonyl (C=O) groups is 1. The van der Waals surface area contributed by atoms with E-state index in [-0.39, 0.29) is 17.1 Å². The van der Waals surface area contributed by atoms with E-state index in [4.69, 9.17) is 9.31 Å². The van der Waals surface area contributed by atoms with Gasteiger partial charge in [0.1, 0.15) is 0 Å². The first-order valence-electron chi connectivity index (χ1n) is 7.41. The quantitative estimate of drug-likeness (QED) is 0.774. The first kappa shape index (κ1) is 14.5. The Morgan fingerprint density at radius 1 is 1.19 bits per heavy atom. The zero-order valence-electron chi connectivity index (χ0n) is 13.0. The van der Waals surface area contributed by atoms with E-state index in [1.165, 1.54) is 0 Å². The molecule has 0 bridgehead atoms. The van der Waals surface area contributed by atoms with Gasteiger partial charge in [-0.3, -0.25) is 9.78 Å². The van der Waals surface area contributed by atoms with Gasteiger partial charge in [0, 0.05) is 24.6 Å². The molecule has 1 aromatic heterocycles. The van der Waals surface area contributed by atoms with Gasteiger partial charge < -0.3 is 14.2 Å². The van der Waals surface area contributed by atoms with Crippen molar-refractivity contribution in [2.75, 3.05) is 11.4 Å². The lowest BCUT2D eigenvalue weighted by Crippen LogP contribution is -2.41. The Hall–Kier alpha value is -1.40. The van der Waals surface area contributed by atoms with Crippen LogP contribution >= 0.6 is 0 Å². The number of carbonyl (C=O) groups excluding carboxylic acids is 1. The van der Waals surface area contributed by atoms with Crippen molar-refractivity contribution >= 4 is 24.2 Å². The predicted octanol–water partition coefficient (Wildman–Crippen LogP) is 1.51. The lowest BCUT2D eigenvalue weighted by molar-refractivity contribution is -0.117. The molecule has 1 aromatic rings. The van der Waals surface area contributed by atoms with E-state index in [0.717, 1.165) is 24.1 Å². The number of aromatic nitrogens is 1. The molecule has 0 unspecified atom stereocenters. The van der Waals surface area contributed by atoms with Gasteiger partial charge in [0.05, 0.1) is 23.1 Å². The van der Waals surface area contributed by atoms with Crippen LogP contribution in [0.5, 0.6) is 0 Å². The highest BCUT2D eigenvalue weighted by Crippen LogP contribution is 2.36. The summed E-state index contributed by atoms with van der Waals surface area (Å²) < 4.78 is 12.1. The molecule has 5 nitrogen and oxygen atoms in total. The zero-order chi connectivity index (χ0) is 15.3. The van der Waals surface area contributed by atoms with Crippen LogP contribution in [0.25, 0.3) is 0 Å². The molecular formula is C15H21BN2O3. The van der Waals surface area contributed by atoms with Crippen LogP contribution in [0.15, 0.2) is 18.5 Å². The van der Waals surface area contributed by atoms with Crippen molar-refractivity contribution in [3.63, 3.8) is 0 Å². The Bertz CT molecular complexity index is 558. The minimum Gasteiger partial charge on any atom is -0.399 e. The van der Waals surface area contributed by atoms with Crippen molar-refractivity contribution in [2.24, 2.45) is 0 Å². The van der Waals surface area contributed by atoms with E-state index in [2.05, 4.69) is 4.98 Å². The third kappa shape index (κ3) is 2.47. The highest BCUT2D eigenvalue weighted by molar-refractivity contribution is 6.62. The zero-order valence-corrected chi connectivity index (χ0v) is 13.0. The predicted molar refractivity (Wildman–Crippen MR) is 81.5 cm³/mol. The summed E-state index contributed by atoms with van der Waals surface area (Å²) in [6, 6.07) is 1.94. The average molecular weight is 288 g/mol. The molecule has 21 heavy (non-hydrogen) atoms. The van der Waals surface area contributed by atoms with Gasteiger partial charge in [-0.15, -0.1) is 0 Å². The minimum atomic E-state index is -0.444. The van der Waals surface area contributed by atoms with Gasteiger partial charge in [0.2, 0.25) is 5.91 Å². The maximum Gasteiger partial charge on any atom is 0.496 e. The molecule has 2 fully saturated rings. The number of nitrogens with zero attached hydrogens (tertiary/aromatic N) is 2. The smallest absolute Gasteiger partial charge is 0.399 e. The van der Waals surface area contributed by atoms with Crippen molar-refractivity contribution in [3.8, 4) is 0 Å². The lowest BCUT2D eigenvalue weighted by Gasteiger charge is -2.32. The molecule has 0 aromatic carbocycles. The maximum atomic E-state index is 11.8. The van der Waals surface area contributed by atoms with Gasteiger partial charge in [0.25, 0.3) is 0 Å². The summed E-state index contributed by atoms with van der Waals surface area (Å²) in [5.74, 6) is 0.155. The van der Waals surface area contributed by atoms with Crippen LogP contribution in [-0.4, -0.2) is 35.8 Å². The van der Waals surface area contributed by atoms with Crippen LogP contribution in [-0.2, 0) is 14.1 Å². The normalized spacial score (nSPS) is 23.9. The van der Waals surface area contributed by atoms with E-state index in [0.29, 0.717) is 6.42 Å². The summed E-state index contributed by atoms with van der Waals surface area (Å²) >= 11 is 0. The molecule has 0 atom stereocenters. The van der Waals surface area contributed by atoms with E-state index in [1.54, 1.807) is 17.3 Å². The standard InChI is InChI=1S/C15H21BN2O3/c1-14(2)15(3,4)21-16(20-14)11-8-12(10-17-9-11)18-7-5-6-13(18)19/h8-10H,5-7H2,1-4H3. The van der Waals surface area contributed by atoms with Crippen LogP contribution in [0.4, 0.5) is 5.69 Å². The van der Waals surface area contributed by atoms with Crippen LogP contribution < -0.4 is 10.4 Å². The second kappa shape index (κ2) is 4.82. The maximum absolute atomic E-state index is 11.8. The minimum absolute atomic E-state index is 0.155. The SMILES string of the molecule is CC1(C)OB(c2cncc(N3CCCC3=O)c2)OC1(C)C. The fourth-order valence-corrected chi connectivity index (χ4v) is 2.62. The van der Waals surface area contributed by atoms with Crippen LogP contribution in [0.3, 0.4) is 0 Å². The second-order valence-corrected chi connectivity index (χ2v) is 6.71. The van der Waals surface area contributed by atoms with E-state index in [9.17, 15) is 4.79 Å². The molecule has 2 aliphatic heterocycles. The Morgan fingerprint density at radius 3 is 2.43 bits per heavy atom. The summed E-state index contributed by atoms with van der Waals surface area (Å²) in [7, 11) is -0.444. The fraction of sp³-hybridized carbons (Fsp3) is 0.600. The number of anilines is 1. The Labute approximate surface area is 125 Å². The monoisotopic (exact) mass is 288 g/mol. The third-order valence-corrected chi connectivity index (χ3v) is 4.66. The Morgan fingerprint density at radius 2 is 1.86 bits per heavy atom. The summed E-state index contributed by atoms with van der Waals surface area (Å²) in [5, 5.41) is 0. The summed E-state index contributed by atoms with van der Waals surface area (Å²) in [6.45, 7) is 8.85. The molecule has 3 heterocycles. The highest BCUT2D eigenvalue weighted by atomic mass is 16.7. The topological polar surface area (TPSA) is 51.7 Å². The van der Waals surface area contributed by atoms with Crippen molar-refractivity contribution in [1.82, 2.24) is 4.98 Å². The van der Waals surface area contributed by atoms with E-state index >= 15 is 0 Å². The summed E-state index contributed by atoms with van der Waals surface area (Å²) in [5.41, 5.74) is 0.921. The molecule has 0 spiro atoms. The van der Waals surface area contributed by atoms with Gasteiger partial charge in [-0.05, 0) is 40.2 Å². The van der Waals surface area contributed by atoms with E-state index < -0.39 is 7.12 Å². The summed E-state index contributed by atoms with van der Waals surface area (Å²) in [4.78, 5) is 17.9. The number of rotatable bonds is 2. The van der Waals surface area contributed by atoms with Gasteiger partial charge in [-0.1, -0.05) is 0 Å². The first-order valence-corrected chi connectivity index (χ1v) is 7.41. The molecule has 0 N–H and O–H groups in total.